The summed E-state index contributed by atoms with van der Waals surface area (Å²) >= 11 is 6.04. The summed E-state index contributed by atoms with van der Waals surface area (Å²) in [4.78, 5) is 14.9. The first-order valence-electron chi connectivity index (χ1n) is 8.55. The molecular formula is C19H23ClFN3O+2. The van der Waals surface area contributed by atoms with E-state index in [-0.39, 0.29) is 11.7 Å². The number of anilines is 1. The molecular weight excluding hydrogens is 341 g/mol. The highest BCUT2D eigenvalue weighted by atomic mass is 35.5. The monoisotopic (exact) mass is 363 g/mol. The molecule has 2 aromatic rings. The van der Waals surface area contributed by atoms with E-state index in [1.807, 2.05) is 18.2 Å². The Morgan fingerprint density at radius 3 is 2.40 bits per heavy atom. The van der Waals surface area contributed by atoms with Gasteiger partial charge in [0.25, 0.3) is 5.91 Å². The van der Waals surface area contributed by atoms with Crippen molar-refractivity contribution in [2.45, 2.75) is 6.54 Å². The summed E-state index contributed by atoms with van der Waals surface area (Å²) in [7, 11) is 0. The van der Waals surface area contributed by atoms with Crippen molar-refractivity contribution in [3.63, 3.8) is 0 Å². The van der Waals surface area contributed by atoms with E-state index in [1.54, 1.807) is 12.1 Å². The van der Waals surface area contributed by atoms with Crippen LogP contribution in [0.3, 0.4) is 0 Å². The maximum Gasteiger partial charge on any atom is 0.279 e. The van der Waals surface area contributed by atoms with Gasteiger partial charge in [-0.05, 0) is 36.4 Å². The van der Waals surface area contributed by atoms with Gasteiger partial charge in [-0.25, -0.2) is 4.39 Å². The average molecular weight is 364 g/mol. The van der Waals surface area contributed by atoms with Crippen molar-refractivity contribution in [3.8, 4) is 0 Å². The van der Waals surface area contributed by atoms with E-state index in [4.69, 9.17) is 11.6 Å². The molecule has 1 fully saturated rings. The minimum Gasteiger partial charge on any atom is -0.322 e. The van der Waals surface area contributed by atoms with Crippen molar-refractivity contribution in [2.75, 3.05) is 38.0 Å². The number of amides is 1. The summed E-state index contributed by atoms with van der Waals surface area (Å²) in [6, 6.07) is 13.9. The maximum atomic E-state index is 12.9. The molecule has 0 bridgehead atoms. The second kappa shape index (κ2) is 8.43. The number of piperazine rings is 1. The molecule has 1 aliphatic rings. The zero-order valence-corrected chi connectivity index (χ0v) is 14.8. The van der Waals surface area contributed by atoms with Gasteiger partial charge in [-0.1, -0.05) is 23.7 Å². The van der Waals surface area contributed by atoms with Crippen molar-refractivity contribution in [3.05, 3.63) is 64.9 Å². The predicted octanol–water partition coefficient (Wildman–Crippen LogP) is 0.401. The molecule has 0 aromatic heterocycles. The van der Waals surface area contributed by atoms with Gasteiger partial charge >= 0.3 is 0 Å². The number of quaternary nitrogens is 2. The normalized spacial score (nSPS) is 20.2. The highest BCUT2D eigenvalue weighted by molar-refractivity contribution is 6.30. The standard InChI is InChI=1S/C19H21ClFN3O/c20-16-3-1-2-15(12-16)13-23-8-10-24(11-9-23)14-19(25)22-18-6-4-17(21)5-7-18/h1-7,12H,8-11,13-14H2,(H,22,25)/p+2. The van der Waals surface area contributed by atoms with E-state index in [1.165, 1.54) is 27.5 Å². The van der Waals surface area contributed by atoms with Crippen LogP contribution in [0, 0.1) is 5.82 Å². The van der Waals surface area contributed by atoms with Gasteiger partial charge in [0.1, 0.15) is 38.5 Å². The van der Waals surface area contributed by atoms with Gasteiger partial charge in [0.15, 0.2) is 6.54 Å². The molecule has 25 heavy (non-hydrogen) atoms. The molecule has 2 aromatic carbocycles. The molecule has 0 atom stereocenters. The summed E-state index contributed by atoms with van der Waals surface area (Å²) in [5, 5.41) is 3.60. The lowest BCUT2D eigenvalue weighted by Gasteiger charge is -2.29. The topological polar surface area (TPSA) is 38.0 Å². The quantitative estimate of drug-likeness (QED) is 0.707. The minimum absolute atomic E-state index is 0.0279. The molecule has 1 aliphatic heterocycles. The Bertz CT molecular complexity index is 715. The van der Waals surface area contributed by atoms with E-state index in [0.29, 0.717) is 12.2 Å². The second-order valence-corrected chi connectivity index (χ2v) is 6.97. The van der Waals surface area contributed by atoms with Gasteiger partial charge in [0.2, 0.25) is 0 Å². The third kappa shape index (κ3) is 5.53. The zero-order valence-electron chi connectivity index (χ0n) is 14.0. The van der Waals surface area contributed by atoms with Crippen LogP contribution in [0.4, 0.5) is 10.1 Å². The first-order valence-corrected chi connectivity index (χ1v) is 8.93. The van der Waals surface area contributed by atoms with Crippen molar-refractivity contribution in [2.24, 2.45) is 0 Å². The third-order valence-electron chi connectivity index (χ3n) is 4.55. The number of carbonyl (C=O) groups is 1. The number of nitrogens with one attached hydrogen (secondary N) is 3. The van der Waals surface area contributed by atoms with Crippen molar-refractivity contribution in [1.82, 2.24) is 0 Å². The van der Waals surface area contributed by atoms with Gasteiger partial charge in [0.05, 0.1) is 0 Å². The number of hydrogen-bond acceptors (Lipinski definition) is 1. The summed E-state index contributed by atoms with van der Waals surface area (Å²) in [5.74, 6) is -0.331. The molecule has 0 radical (unpaired) electrons. The Balaban J connectivity index is 1.42. The van der Waals surface area contributed by atoms with Crippen LogP contribution in [0.1, 0.15) is 5.56 Å². The van der Waals surface area contributed by atoms with E-state index in [2.05, 4.69) is 11.4 Å². The number of carbonyl (C=O) groups excluding carboxylic acids is 1. The fourth-order valence-electron chi connectivity index (χ4n) is 3.21. The molecule has 0 spiro atoms. The van der Waals surface area contributed by atoms with Crippen LogP contribution in [-0.2, 0) is 11.3 Å². The summed E-state index contributed by atoms with van der Waals surface area (Å²) in [6.07, 6.45) is 0. The number of benzene rings is 2. The van der Waals surface area contributed by atoms with Crippen molar-refractivity contribution >= 4 is 23.2 Å². The van der Waals surface area contributed by atoms with Gasteiger partial charge < -0.3 is 15.1 Å². The van der Waals surface area contributed by atoms with Crippen LogP contribution in [0.5, 0.6) is 0 Å². The van der Waals surface area contributed by atoms with Crippen LogP contribution in [0.2, 0.25) is 5.02 Å². The first-order chi connectivity index (χ1) is 12.1. The highest BCUT2D eigenvalue weighted by Gasteiger charge is 2.24. The lowest BCUT2D eigenvalue weighted by Crippen LogP contribution is -3.28. The Kier molecular flexibility index (Phi) is 6.02. The Labute approximate surface area is 152 Å². The lowest BCUT2D eigenvalue weighted by molar-refractivity contribution is -1.02. The highest BCUT2D eigenvalue weighted by Crippen LogP contribution is 2.09. The third-order valence-corrected chi connectivity index (χ3v) is 4.78. The van der Waals surface area contributed by atoms with Gasteiger partial charge in [-0.3, -0.25) is 4.79 Å². The summed E-state index contributed by atoms with van der Waals surface area (Å²) in [5.41, 5.74) is 1.89. The fourth-order valence-corrected chi connectivity index (χ4v) is 3.42. The van der Waals surface area contributed by atoms with E-state index in [9.17, 15) is 9.18 Å². The molecule has 132 valence electrons. The predicted molar refractivity (Wildman–Crippen MR) is 96.4 cm³/mol. The minimum atomic E-state index is -0.303. The van der Waals surface area contributed by atoms with Crippen LogP contribution < -0.4 is 15.1 Å². The molecule has 6 heteroatoms. The molecule has 0 unspecified atom stereocenters. The van der Waals surface area contributed by atoms with E-state index in [0.717, 1.165) is 37.7 Å². The number of halogens is 2. The largest absolute Gasteiger partial charge is 0.322 e. The van der Waals surface area contributed by atoms with Crippen LogP contribution >= 0.6 is 11.6 Å². The van der Waals surface area contributed by atoms with Crippen LogP contribution in [-0.4, -0.2) is 38.6 Å². The maximum absolute atomic E-state index is 12.9. The molecule has 3 rings (SSSR count). The van der Waals surface area contributed by atoms with Crippen molar-refractivity contribution < 1.29 is 19.0 Å². The lowest BCUT2D eigenvalue weighted by atomic mass is 10.2. The first kappa shape index (κ1) is 17.9. The van der Waals surface area contributed by atoms with Crippen LogP contribution in [0.15, 0.2) is 48.5 Å². The summed E-state index contributed by atoms with van der Waals surface area (Å²) < 4.78 is 12.9. The van der Waals surface area contributed by atoms with Crippen LogP contribution in [0.25, 0.3) is 0 Å². The van der Waals surface area contributed by atoms with Gasteiger partial charge in [0, 0.05) is 16.3 Å². The molecule has 0 aliphatic carbocycles. The average Bonchev–Trinajstić information content (AvgIpc) is 2.59. The molecule has 0 saturated carbocycles. The molecule has 1 heterocycles. The Hall–Kier alpha value is -1.95. The second-order valence-electron chi connectivity index (χ2n) is 6.54. The van der Waals surface area contributed by atoms with Crippen molar-refractivity contribution in [1.29, 1.82) is 0 Å². The Morgan fingerprint density at radius 1 is 1.04 bits per heavy atom. The zero-order chi connectivity index (χ0) is 17.6. The molecule has 1 amide bonds. The SMILES string of the molecule is O=C(C[NH+]1CC[NH+](Cc2cccc(Cl)c2)CC1)Nc1ccc(F)cc1. The van der Waals surface area contributed by atoms with E-state index < -0.39 is 0 Å². The number of rotatable bonds is 5. The molecule has 1 saturated heterocycles. The number of hydrogen-bond donors (Lipinski definition) is 3. The Morgan fingerprint density at radius 2 is 1.72 bits per heavy atom. The molecule has 4 nitrogen and oxygen atoms in total. The van der Waals surface area contributed by atoms with E-state index >= 15 is 0 Å². The smallest absolute Gasteiger partial charge is 0.279 e. The van der Waals surface area contributed by atoms with Gasteiger partial charge in [-0.15, -0.1) is 0 Å². The fraction of sp³-hybridized carbons (Fsp3) is 0.316. The molecule has 3 N–H and O–H groups in total. The summed E-state index contributed by atoms with van der Waals surface area (Å²) in [6.45, 7) is 5.41. The van der Waals surface area contributed by atoms with Gasteiger partial charge in [-0.2, -0.15) is 0 Å².